The van der Waals surface area contributed by atoms with Gasteiger partial charge in [0.15, 0.2) is 0 Å². The van der Waals surface area contributed by atoms with Gasteiger partial charge in [-0.25, -0.2) is 4.68 Å². The van der Waals surface area contributed by atoms with Gasteiger partial charge >= 0.3 is 0 Å². The van der Waals surface area contributed by atoms with Gasteiger partial charge in [0.1, 0.15) is 5.75 Å². The Morgan fingerprint density at radius 1 is 1.44 bits per heavy atom. The molecule has 1 aromatic heterocycles. The van der Waals surface area contributed by atoms with Gasteiger partial charge in [-0.1, -0.05) is 28.1 Å². The van der Waals surface area contributed by atoms with Crippen LogP contribution in [-0.2, 0) is 0 Å². The van der Waals surface area contributed by atoms with E-state index in [2.05, 4.69) is 49.1 Å². The van der Waals surface area contributed by atoms with Crippen molar-refractivity contribution in [1.82, 2.24) is 15.0 Å². The van der Waals surface area contributed by atoms with Crippen LogP contribution in [0.1, 0.15) is 23.9 Å². The number of hydrogen-bond acceptors (Lipinski definition) is 3. The van der Waals surface area contributed by atoms with Gasteiger partial charge in [0.25, 0.3) is 0 Å². The molecule has 0 aliphatic rings. The smallest absolute Gasteiger partial charge is 0.135 e. The first-order valence-electron chi connectivity index (χ1n) is 5.56. The highest BCUT2D eigenvalue weighted by atomic mass is 79.9. The van der Waals surface area contributed by atoms with Crippen LogP contribution in [0.3, 0.4) is 0 Å². The standard InChI is InChI=1S/C12H13Br2N3O/c1-3-9(13)11-7-17(16-15-11)8-4-5-10(14)12(6-8)18-2/h4-7,9H,3H2,1-2H3. The second-order valence-corrected chi connectivity index (χ2v) is 5.74. The lowest BCUT2D eigenvalue weighted by atomic mass is 10.2. The number of hydrogen-bond donors (Lipinski definition) is 0. The van der Waals surface area contributed by atoms with E-state index in [4.69, 9.17) is 4.74 Å². The molecule has 2 rings (SSSR count). The molecule has 0 aliphatic heterocycles. The van der Waals surface area contributed by atoms with Crippen molar-refractivity contribution in [2.45, 2.75) is 18.2 Å². The van der Waals surface area contributed by atoms with Crippen molar-refractivity contribution in [2.75, 3.05) is 7.11 Å². The van der Waals surface area contributed by atoms with E-state index in [1.165, 1.54) is 0 Å². The minimum atomic E-state index is 0.239. The quantitative estimate of drug-likeness (QED) is 0.762. The Morgan fingerprint density at radius 3 is 2.89 bits per heavy atom. The molecule has 1 heterocycles. The molecule has 0 bridgehead atoms. The molecule has 1 aromatic carbocycles. The third-order valence-corrected chi connectivity index (χ3v) is 4.36. The van der Waals surface area contributed by atoms with Crippen LogP contribution >= 0.6 is 31.9 Å². The average molecular weight is 375 g/mol. The maximum Gasteiger partial charge on any atom is 0.135 e. The number of rotatable bonds is 4. The summed E-state index contributed by atoms with van der Waals surface area (Å²) in [7, 11) is 1.64. The van der Waals surface area contributed by atoms with Crippen molar-refractivity contribution < 1.29 is 4.74 Å². The molecule has 0 aliphatic carbocycles. The van der Waals surface area contributed by atoms with Gasteiger partial charge in [-0.3, -0.25) is 0 Å². The zero-order valence-corrected chi connectivity index (χ0v) is 13.3. The summed E-state index contributed by atoms with van der Waals surface area (Å²) in [5.41, 5.74) is 1.85. The lowest BCUT2D eigenvalue weighted by Crippen LogP contribution is -1.96. The predicted octanol–water partition coefficient (Wildman–Crippen LogP) is 3.88. The molecule has 0 fully saturated rings. The molecule has 18 heavy (non-hydrogen) atoms. The molecule has 0 N–H and O–H groups in total. The summed E-state index contributed by atoms with van der Waals surface area (Å²) in [6, 6.07) is 5.80. The Kier molecular flexibility index (Phi) is 4.40. The summed E-state index contributed by atoms with van der Waals surface area (Å²) in [4.78, 5) is 0.239. The number of methoxy groups -OCH3 is 1. The van der Waals surface area contributed by atoms with E-state index < -0.39 is 0 Å². The molecule has 1 unspecified atom stereocenters. The number of alkyl halides is 1. The third-order valence-electron chi connectivity index (χ3n) is 2.59. The van der Waals surface area contributed by atoms with Crippen LogP contribution in [0.5, 0.6) is 5.75 Å². The van der Waals surface area contributed by atoms with E-state index in [0.29, 0.717) is 0 Å². The Hall–Kier alpha value is -0.880. The first-order valence-corrected chi connectivity index (χ1v) is 7.26. The lowest BCUT2D eigenvalue weighted by Gasteiger charge is -2.06. The van der Waals surface area contributed by atoms with Crippen molar-refractivity contribution in [1.29, 1.82) is 0 Å². The van der Waals surface area contributed by atoms with Crippen LogP contribution in [0, 0.1) is 0 Å². The predicted molar refractivity (Wildman–Crippen MR) is 77.6 cm³/mol. The maximum absolute atomic E-state index is 5.26. The van der Waals surface area contributed by atoms with Crippen LogP contribution < -0.4 is 4.74 Å². The fourth-order valence-corrected chi connectivity index (χ4v) is 2.16. The fraction of sp³-hybridized carbons (Fsp3) is 0.333. The van der Waals surface area contributed by atoms with Gasteiger partial charge in [0.05, 0.1) is 34.0 Å². The number of ether oxygens (including phenoxy) is 1. The first-order chi connectivity index (χ1) is 8.65. The SMILES string of the molecule is CCC(Br)c1cn(-c2ccc(Br)c(OC)c2)nn1. The molecular formula is C12H13Br2N3O. The topological polar surface area (TPSA) is 39.9 Å². The Balaban J connectivity index is 2.34. The first kappa shape index (κ1) is 13.5. The highest BCUT2D eigenvalue weighted by Crippen LogP contribution is 2.28. The molecule has 6 heteroatoms. The summed E-state index contributed by atoms with van der Waals surface area (Å²) in [5.74, 6) is 0.774. The highest BCUT2D eigenvalue weighted by molar-refractivity contribution is 9.10. The third kappa shape index (κ3) is 2.75. The maximum atomic E-state index is 5.26. The largest absolute Gasteiger partial charge is 0.495 e. The number of nitrogens with zero attached hydrogens (tertiary/aromatic N) is 3. The lowest BCUT2D eigenvalue weighted by molar-refractivity contribution is 0.412. The van der Waals surface area contributed by atoms with E-state index in [9.17, 15) is 0 Å². The molecular weight excluding hydrogens is 362 g/mol. The van der Waals surface area contributed by atoms with E-state index in [-0.39, 0.29) is 4.83 Å². The number of halogens is 2. The van der Waals surface area contributed by atoms with Crippen molar-refractivity contribution >= 4 is 31.9 Å². The monoisotopic (exact) mass is 373 g/mol. The molecule has 0 saturated heterocycles. The van der Waals surface area contributed by atoms with Crippen LogP contribution in [0.15, 0.2) is 28.9 Å². The van der Waals surface area contributed by atoms with Crippen LogP contribution in [-0.4, -0.2) is 22.1 Å². The Morgan fingerprint density at radius 2 is 2.22 bits per heavy atom. The van der Waals surface area contributed by atoms with E-state index >= 15 is 0 Å². The summed E-state index contributed by atoms with van der Waals surface area (Å²) in [6.45, 7) is 2.10. The zero-order chi connectivity index (χ0) is 13.1. The van der Waals surface area contributed by atoms with Crippen molar-refractivity contribution in [3.8, 4) is 11.4 Å². The van der Waals surface area contributed by atoms with Gasteiger partial charge in [-0.15, -0.1) is 5.10 Å². The van der Waals surface area contributed by atoms with Gasteiger partial charge < -0.3 is 4.74 Å². The second kappa shape index (κ2) is 5.84. The minimum Gasteiger partial charge on any atom is -0.495 e. The van der Waals surface area contributed by atoms with Gasteiger partial charge in [-0.05, 0) is 34.5 Å². The number of aromatic nitrogens is 3. The molecule has 0 radical (unpaired) electrons. The molecule has 2 aromatic rings. The highest BCUT2D eigenvalue weighted by Gasteiger charge is 2.11. The Labute approximate surface area is 123 Å². The second-order valence-electron chi connectivity index (χ2n) is 3.78. The normalized spacial score (nSPS) is 12.4. The summed E-state index contributed by atoms with van der Waals surface area (Å²) in [6.07, 6.45) is 2.90. The van der Waals surface area contributed by atoms with E-state index in [1.807, 2.05) is 24.4 Å². The Bertz CT molecular complexity index is 542. The summed E-state index contributed by atoms with van der Waals surface area (Å²) in [5, 5.41) is 8.28. The molecule has 0 amide bonds. The van der Waals surface area contributed by atoms with Crippen LogP contribution in [0.25, 0.3) is 5.69 Å². The summed E-state index contributed by atoms with van der Waals surface area (Å²) >= 11 is 6.99. The zero-order valence-electron chi connectivity index (χ0n) is 10.1. The molecule has 0 saturated carbocycles. The van der Waals surface area contributed by atoms with Gasteiger partial charge in [0.2, 0.25) is 0 Å². The van der Waals surface area contributed by atoms with Crippen molar-refractivity contribution in [3.63, 3.8) is 0 Å². The summed E-state index contributed by atoms with van der Waals surface area (Å²) < 4.78 is 7.93. The molecule has 96 valence electrons. The fourth-order valence-electron chi connectivity index (χ4n) is 1.55. The van der Waals surface area contributed by atoms with E-state index in [1.54, 1.807) is 11.8 Å². The minimum absolute atomic E-state index is 0.239. The molecule has 4 nitrogen and oxygen atoms in total. The van der Waals surface area contributed by atoms with Gasteiger partial charge in [-0.2, -0.15) is 0 Å². The molecule has 0 spiro atoms. The van der Waals surface area contributed by atoms with Crippen LogP contribution in [0.2, 0.25) is 0 Å². The van der Waals surface area contributed by atoms with Crippen LogP contribution in [0.4, 0.5) is 0 Å². The van der Waals surface area contributed by atoms with Gasteiger partial charge in [0, 0.05) is 6.07 Å². The van der Waals surface area contributed by atoms with E-state index in [0.717, 1.165) is 28.0 Å². The number of benzene rings is 1. The molecule has 1 atom stereocenters. The average Bonchev–Trinajstić information content (AvgIpc) is 2.88. The van der Waals surface area contributed by atoms with Crippen molar-refractivity contribution in [3.05, 3.63) is 34.6 Å². The van der Waals surface area contributed by atoms with Crippen molar-refractivity contribution in [2.24, 2.45) is 0 Å².